The van der Waals surface area contributed by atoms with Gasteiger partial charge in [-0.15, -0.1) is 0 Å². The van der Waals surface area contributed by atoms with Crippen molar-refractivity contribution < 1.29 is 28.9 Å². The van der Waals surface area contributed by atoms with Gasteiger partial charge in [-0.25, -0.2) is 4.98 Å². The van der Waals surface area contributed by atoms with Crippen molar-refractivity contribution in [3.8, 4) is 40.0 Å². The number of hydrogen-bond acceptors (Lipinski definition) is 9. The summed E-state index contributed by atoms with van der Waals surface area (Å²) in [5, 5.41) is 19.7. The molecule has 3 aliphatic rings. The molecule has 2 aromatic carbocycles. The van der Waals surface area contributed by atoms with Crippen LogP contribution in [0.15, 0.2) is 54.6 Å². The Morgan fingerprint density at radius 3 is 2.41 bits per heavy atom. The van der Waals surface area contributed by atoms with Gasteiger partial charge in [0.05, 0.1) is 24.9 Å². The number of methoxy groups -OCH3 is 2. The fourth-order valence-electron chi connectivity index (χ4n) is 7.12. The van der Waals surface area contributed by atoms with Crippen molar-refractivity contribution in [2.24, 2.45) is 0 Å². The van der Waals surface area contributed by atoms with Crippen molar-refractivity contribution in [1.29, 1.82) is 0 Å². The molecule has 1 saturated carbocycles. The van der Waals surface area contributed by atoms with Crippen molar-refractivity contribution in [1.82, 2.24) is 25.9 Å². The maximum Gasteiger partial charge on any atom is 0.323 e. The molecule has 7 rings (SSSR count). The Kier molecular flexibility index (Phi) is 9.87. The highest BCUT2D eigenvalue weighted by molar-refractivity contribution is 6.36. The third-order valence-corrected chi connectivity index (χ3v) is 10.5. The number of carboxylic acids is 1. The Hall–Kier alpha value is -4.71. The molecule has 2 atom stereocenters. The highest BCUT2D eigenvalue weighted by Crippen LogP contribution is 2.44. The second kappa shape index (κ2) is 14.5. The molecule has 12 heteroatoms. The van der Waals surface area contributed by atoms with Gasteiger partial charge >= 0.3 is 5.97 Å². The van der Waals surface area contributed by atoms with E-state index >= 15 is 0 Å². The van der Waals surface area contributed by atoms with Crippen molar-refractivity contribution in [2.45, 2.75) is 76.2 Å². The second-order valence-electron chi connectivity index (χ2n) is 13.5. The summed E-state index contributed by atoms with van der Waals surface area (Å²) in [5.41, 5.74) is 7.45. The van der Waals surface area contributed by atoms with Crippen LogP contribution >= 0.6 is 11.6 Å². The number of benzene rings is 2. The van der Waals surface area contributed by atoms with Gasteiger partial charge in [0.2, 0.25) is 23.5 Å². The van der Waals surface area contributed by atoms with E-state index in [9.17, 15) is 14.7 Å². The number of hydrogen-bond donors (Lipinski definition) is 4. The first-order valence-corrected chi connectivity index (χ1v) is 17.7. The Balaban J connectivity index is 1.09. The zero-order valence-electron chi connectivity index (χ0n) is 29.0. The molecule has 3 heterocycles. The summed E-state index contributed by atoms with van der Waals surface area (Å²) in [6, 6.07) is 18.3. The molecular weight excluding hydrogens is 670 g/mol. The lowest BCUT2D eigenvalue weighted by Crippen LogP contribution is -2.38. The number of carbonyl (C=O) groups is 2. The van der Waals surface area contributed by atoms with E-state index < -0.39 is 11.5 Å². The standard InChI is InChI=1S/C39H42ClN5O6/c1-22-18-24(20-42-39(16-17-39)38(47)48)37(50-3)45-35(22)51-32-14-12-27-26(6-4-7-28(27)32)29-8-5-9-30(34(29)40)31-13-10-23(36(44-31)49-2)19-41-21-25-11-15-33(46)43-25/h4-10,13,18,25,32,41-42H,11-12,14-17,19-21H2,1-3H3,(H,43,46)(H,47,48)/t25-,32-/m0/s1. The third-order valence-electron chi connectivity index (χ3n) is 10.1. The number of nitrogens with zero attached hydrogens (tertiary/aromatic N) is 2. The summed E-state index contributed by atoms with van der Waals surface area (Å²) in [6.45, 7) is 3.52. The van der Waals surface area contributed by atoms with Gasteiger partial charge in [-0.05, 0) is 67.9 Å². The summed E-state index contributed by atoms with van der Waals surface area (Å²) >= 11 is 7.17. The van der Waals surface area contributed by atoms with Gasteiger partial charge in [0, 0.05) is 59.9 Å². The van der Waals surface area contributed by atoms with E-state index in [1.807, 2.05) is 49.4 Å². The van der Waals surface area contributed by atoms with Crippen LogP contribution in [0.4, 0.5) is 0 Å². The Morgan fingerprint density at radius 2 is 1.69 bits per heavy atom. The number of nitrogens with one attached hydrogen (secondary N) is 3. The molecule has 0 unspecified atom stereocenters. The lowest BCUT2D eigenvalue weighted by Gasteiger charge is -2.19. The molecule has 0 bridgehead atoms. The first-order valence-electron chi connectivity index (χ1n) is 17.3. The van der Waals surface area contributed by atoms with Crippen LogP contribution < -0.4 is 30.2 Å². The molecule has 0 radical (unpaired) electrons. The van der Waals surface area contributed by atoms with Crippen molar-refractivity contribution >= 4 is 23.5 Å². The second-order valence-corrected chi connectivity index (χ2v) is 13.9. The van der Waals surface area contributed by atoms with E-state index in [0.717, 1.165) is 58.2 Å². The Labute approximate surface area is 302 Å². The van der Waals surface area contributed by atoms with Crippen LogP contribution in [-0.2, 0) is 29.1 Å². The minimum absolute atomic E-state index is 0.102. The molecule has 2 aromatic heterocycles. The summed E-state index contributed by atoms with van der Waals surface area (Å²) in [4.78, 5) is 32.7. The highest BCUT2D eigenvalue weighted by Gasteiger charge is 2.50. The maximum atomic E-state index is 11.6. The minimum Gasteiger partial charge on any atom is -0.481 e. The zero-order chi connectivity index (χ0) is 35.7. The van der Waals surface area contributed by atoms with Crippen molar-refractivity contribution in [2.75, 3.05) is 20.8 Å². The number of rotatable bonds is 14. The molecule has 4 N–H and O–H groups in total. The largest absolute Gasteiger partial charge is 0.481 e. The predicted octanol–water partition coefficient (Wildman–Crippen LogP) is 5.93. The Morgan fingerprint density at radius 1 is 0.941 bits per heavy atom. The van der Waals surface area contributed by atoms with E-state index in [-0.39, 0.29) is 18.1 Å². The van der Waals surface area contributed by atoms with Crippen LogP contribution in [0.5, 0.6) is 17.6 Å². The first-order chi connectivity index (χ1) is 24.7. The molecule has 2 fully saturated rings. The zero-order valence-corrected chi connectivity index (χ0v) is 29.7. The van der Waals surface area contributed by atoms with E-state index in [2.05, 4.69) is 28.1 Å². The number of aliphatic carboxylic acids is 1. The molecule has 0 spiro atoms. The van der Waals surface area contributed by atoms with E-state index in [4.69, 9.17) is 35.8 Å². The van der Waals surface area contributed by atoms with Crippen molar-refractivity contribution in [3.05, 3.63) is 87.4 Å². The molecule has 4 aromatic rings. The van der Waals surface area contributed by atoms with Gasteiger partial charge < -0.3 is 30.0 Å². The number of fused-ring (bicyclic) bond motifs is 1. The molecule has 2 aliphatic carbocycles. The van der Waals surface area contributed by atoms with Crippen molar-refractivity contribution in [3.63, 3.8) is 0 Å². The average Bonchev–Trinajstić information content (AvgIpc) is 3.66. The number of pyridine rings is 2. The minimum atomic E-state index is -0.856. The lowest BCUT2D eigenvalue weighted by atomic mass is 9.94. The van der Waals surface area contributed by atoms with Crippen LogP contribution in [0.1, 0.15) is 66.0 Å². The lowest BCUT2D eigenvalue weighted by molar-refractivity contribution is -0.140. The monoisotopic (exact) mass is 711 g/mol. The topological polar surface area (TPSA) is 144 Å². The number of halogens is 1. The van der Waals surface area contributed by atoms with Gasteiger partial charge in [0.15, 0.2) is 0 Å². The number of carbonyl (C=O) groups excluding carboxylic acids is 1. The highest BCUT2D eigenvalue weighted by atomic mass is 35.5. The molecule has 1 amide bonds. The van der Waals surface area contributed by atoms with E-state index in [1.54, 1.807) is 14.2 Å². The number of aryl methyl sites for hydroxylation is 1. The summed E-state index contributed by atoms with van der Waals surface area (Å²) < 4.78 is 17.8. The Bertz CT molecular complexity index is 1980. The molecule has 11 nitrogen and oxygen atoms in total. The van der Waals surface area contributed by atoms with Crippen LogP contribution in [0, 0.1) is 6.92 Å². The van der Waals surface area contributed by atoms with Crippen LogP contribution in [0.25, 0.3) is 22.4 Å². The summed E-state index contributed by atoms with van der Waals surface area (Å²) in [5.74, 6) is 0.692. The van der Waals surface area contributed by atoms with Gasteiger partial charge in [0.1, 0.15) is 11.6 Å². The van der Waals surface area contributed by atoms with Crippen LogP contribution in [0.3, 0.4) is 0 Å². The third kappa shape index (κ3) is 7.11. The molecule has 51 heavy (non-hydrogen) atoms. The predicted molar refractivity (Wildman–Crippen MR) is 193 cm³/mol. The number of amides is 1. The number of ether oxygens (including phenoxy) is 3. The van der Waals surface area contributed by atoms with Crippen LogP contribution in [-0.4, -0.2) is 59.3 Å². The smallest absolute Gasteiger partial charge is 0.323 e. The molecule has 266 valence electrons. The molecule has 1 aliphatic heterocycles. The SMILES string of the molecule is COc1nc(-c2cccc(-c3cccc4c3CC[C@@H]4Oc3nc(OC)c(CNC4(C(=O)O)CC4)cc3C)c2Cl)ccc1CNC[C@@H]1CCC(=O)N1. The quantitative estimate of drug-likeness (QED) is 0.124. The van der Waals surface area contributed by atoms with Gasteiger partial charge in [-0.2, -0.15) is 4.98 Å². The van der Waals surface area contributed by atoms with E-state index in [0.29, 0.717) is 67.3 Å². The van der Waals surface area contributed by atoms with Gasteiger partial charge in [0.25, 0.3) is 0 Å². The van der Waals surface area contributed by atoms with E-state index in [1.165, 1.54) is 5.56 Å². The number of carboxylic acid groups (broad SMARTS) is 1. The first kappa shape index (κ1) is 34.7. The van der Waals surface area contributed by atoms with Crippen LogP contribution in [0.2, 0.25) is 5.02 Å². The summed E-state index contributed by atoms with van der Waals surface area (Å²) in [6.07, 6.45) is 4.01. The number of aromatic nitrogens is 2. The average molecular weight is 712 g/mol. The fraction of sp³-hybridized carbons (Fsp3) is 0.385. The molecule has 1 saturated heterocycles. The maximum absolute atomic E-state index is 11.6. The normalized spacial score (nSPS) is 18.6. The fourth-order valence-corrected chi connectivity index (χ4v) is 7.45. The summed E-state index contributed by atoms with van der Waals surface area (Å²) in [7, 11) is 3.17. The van der Waals surface area contributed by atoms with Gasteiger partial charge in [-0.1, -0.05) is 54.1 Å². The van der Waals surface area contributed by atoms with Gasteiger partial charge in [-0.3, -0.25) is 14.9 Å². The molecular formula is C39H42ClN5O6.